The number of halogens is 1. The van der Waals surface area contributed by atoms with Crippen molar-refractivity contribution in [1.82, 2.24) is 0 Å². The third-order valence-electron chi connectivity index (χ3n) is 1.62. The quantitative estimate of drug-likeness (QED) is 0.658. The lowest BCUT2D eigenvalue weighted by Crippen LogP contribution is -2.13. The van der Waals surface area contributed by atoms with Crippen LogP contribution in [0, 0.1) is 17.0 Å². The molecule has 1 rings (SSSR count). The van der Waals surface area contributed by atoms with Crippen molar-refractivity contribution >= 4 is 30.0 Å². The summed E-state index contributed by atoms with van der Waals surface area (Å²) < 4.78 is 12.6. The Morgan fingerprint density at radius 3 is 2.41 bits per heavy atom. The first-order valence-electron chi connectivity index (χ1n) is 5.12. The molecule has 1 N–H and O–H groups in total. The highest BCUT2D eigenvalue weighted by molar-refractivity contribution is 8.32. The van der Waals surface area contributed by atoms with Crippen molar-refractivity contribution in [3.63, 3.8) is 0 Å². The number of hydrogen-bond donors (Lipinski definition) is 1. The van der Waals surface area contributed by atoms with Crippen molar-refractivity contribution in [2.45, 2.75) is 19.6 Å². The summed E-state index contributed by atoms with van der Waals surface area (Å²) in [6.45, 7) is 6.47. The summed E-state index contributed by atoms with van der Waals surface area (Å²) in [4.78, 5) is 11.4. The molecule has 0 saturated carbocycles. The molecule has 2 nitrogen and oxygen atoms in total. The van der Waals surface area contributed by atoms with Crippen LogP contribution in [0.3, 0.4) is 0 Å². The Labute approximate surface area is 106 Å². The van der Waals surface area contributed by atoms with Crippen LogP contribution in [0.2, 0.25) is 19.6 Å². The fraction of sp³-hybridized carbons (Fsp3) is 0.250. The van der Waals surface area contributed by atoms with Gasteiger partial charge in [-0.3, -0.25) is 4.79 Å². The van der Waals surface area contributed by atoms with E-state index in [1.807, 2.05) is 0 Å². The van der Waals surface area contributed by atoms with Gasteiger partial charge in [0.25, 0.3) is 0 Å². The molecule has 0 aliphatic heterocycles. The first kappa shape index (κ1) is 13.8. The molecule has 0 aliphatic carbocycles. The molecule has 90 valence electrons. The molecular weight excluding hydrogens is 253 g/mol. The minimum Gasteiger partial charge on any atom is -0.315 e. The van der Waals surface area contributed by atoms with E-state index >= 15 is 0 Å². The number of carbonyl (C=O) groups excluding carboxylic acids is 1. The van der Waals surface area contributed by atoms with Gasteiger partial charge < -0.3 is 5.32 Å². The van der Waals surface area contributed by atoms with Crippen LogP contribution < -0.4 is 5.32 Å². The number of hydrogen-bond acceptors (Lipinski definition) is 2. The summed E-state index contributed by atoms with van der Waals surface area (Å²) in [6.07, 6.45) is 0. The largest absolute Gasteiger partial charge is 0.315 e. The van der Waals surface area contributed by atoms with Gasteiger partial charge in [0, 0.05) is 11.6 Å². The number of amides is 1. The molecule has 17 heavy (non-hydrogen) atoms. The number of carbonyl (C=O) groups is 1. The number of nitrogens with one attached hydrogen (secondary N) is 1. The highest BCUT2D eigenvalue weighted by atomic mass is 32.4. The average molecular weight is 267 g/mol. The van der Waals surface area contributed by atoms with E-state index in [0.717, 1.165) is 0 Å². The first-order valence-corrected chi connectivity index (χ1v) is 10.2. The molecule has 1 aromatic rings. The van der Waals surface area contributed by atoms with Crippen LogP contribution in [0.5, 0.6) is 0 Å². The Kier molecular flexibility index (Phi) is 4.79. The second-order valence-electron chi connectivity index (χ2n) is 4.40. The predicted octanol–water partition coefficient (Wildman–Crippen LogP) is 3.29. The molecule has 0 saturated heterocycles. The smallest absolute Gasteiger partial charge is 0.301 e. The lowest BCUT2D eigenvalue weighted by atomic mass is 10.3. The lowest BCUT2D eigenvalue weighted by Gasteiger charge is -2.07. The van der Waals surface area contributed by atoms with E-state index in [9.17, 15) is 9.18 Å². The van der Waals surface area contributed by atoms with E-state index in [1.165, 1.54) is 35.5 Å². The minimum absolute atomic E-state index is 0.330. The summed E-state index contributed by atoms with van der Waals surface area (Å²) in [7, 11) is -1.31. The van der Waals surface area contributed by atoms with Crippen LogP contribution in [0.1, 0.15) is 0 Å². The van der Waals surface area contributed by atoms with Gasteiger partial charge in [0.1, 0.15) is 13.0 Å². The molecule has 1 amide bonds. The van der Waals surface area contributed by atoms with Gasteiger partial charge in [-0.25, -0.2) is 4.39 Å². The van der Waals surface area contributed by atoms with Crippen molar-refractivity contribution in [2.24, 2.45) is 0 Å². The first-order chi connectivity index (χ1) is 7.87. The van der Waals surface area contributed by atoms with Crippen molar-refractivity contribution < 1.29 is 9.18 Å². The third kappa shape index (κ3) is 6.14. The van der Waals surface area contributed by atoms with Crippen LogP contribution in [-0.2, 0) is 4.79 Å². The molecule has 0 aromatic heterocycles. The van der Waals surface area contributed by atoms with Gasteiger partial charge in [0.2, 0.25) is 0 Å². The highest BCUT2D eigenvalue weighted by Crippen LogP contribution is 2.17. The van der Waals surface area contributed by atoms with E-state index in [2.05, 4.69) is 36.1 Å². The summed E-state index contributed by atoms with van der Waals surface area (Å²) in [5.74, 6) is 1.80. The standard InChI is InChI=1S/C12H14FNOSSi/c1-17(2,3)16-9-8-12(15)14-11-6-4-10(13)5-7-11/h4-7H,1-3H3,(H,14,15). The molecule has 1 aromatic carbocycles. The fourth-order valence-corrected chi connectivity index (χ4v) is 2.44. The normalized spacial score (nSPS) is 10.4. The topological polar surface area (TPSA) is 29.1 Å². The molecule has 0 fully saturated rings. The average Bonchev–Trinajstić information content (AvgIpc) is 2.19. The maximum atomic E-state index is 12.6. The molecule has 0 atom stereocenters. The molecule has 5 heteroatoms. The summed E-state index contributed by atoms with van der Waals surface area (Å²) in [6, 6.07) is 5.58. The molecule has 0 radical (unpaired) electrons. The van der Waals surface area contributed by atoms with Crippen LogP contribution in [0.15, 0.2) is 24.3 Å². The summed E-state index contributed by atoms with van der Waals surface area (Å²) >= 11 is 1.53. The second kappa shape index (κ2) is 5.89. The van der Waals surface area contributed by atoms with Crippen molar-refractivity contribution in [3.8, 4) is 11.2 Å². The van der Waals surface area contributed by atoms with Gasteiger partial charge in [0.05, 0.1) is 0 Å². The number of benzene rings is 1. The van der Waals surface area contributed by atoms with E-state index in [-0.39, 0.29) is 11.7 Å². The third-order valence-corrected chi connectivity index (χ3v) is 4.58. The number of rotatable bonds is 2. The zero-order valence-corrected chi connectivity index (χ0v) is 11.8. The van der Waals surface area contributed by atoms with Crippen molar-refractivity contribution in [2.75, 3.05) is 5.32 Å². The number of anilines is 1. The molecule has 0 unspecified atom stereocenters. The van der Waals surface area contributed by atoms with Gasteiger partial charge in [-0.15, -0.1) is 11.2 Å². The highest BCUT2D eigenvalue weighted by Gasteiger charge is 2.11. The zero-order valence-electron chi connectivity index (χ0n) is 10.0. The maximum absolute atomic E-state index is 12.6. The van der Waals surface area contributed by atoms with E-state index in [4.69, 9.17) is 0 Å². The Morgan fingerprint density at radius 2 is 1.88 bits per heavy atom. The van der Waals surface area contributed by atoms with Crippen LogP contribution in [-0.4, -0.2) is 13.1 Å². The van der Waals surface area contributed by atoms with Gasteiger partial charge in [-0.05, 0) is 29.5 Å². The van der Waals surface area contributed by atoms with Crippen LogP contribution in [0.25, 0.3) is 0 Å². The molecule has 0 spiro atoms. The van der Waals surface area contributed by atoms with Gasteiger partial charge in [-0.2, -0.15) is 0 Å². The fourth-order valence-electron chi connectivity index (χ4n) is 0.921. The minimum atomic E-state index is -1.31. The Bertz CT molecular complexity index is 456. The molecule has 0 aliphatic rings. The van der Waals surface area contributed by atoms with Crippen molar-refractivity contribution in [1.29, 1.82) is 0 Å². The Morgan fingerprint density at radius 1 is 1.29 bits per heavy atom. The SMILES string of the molecule is C[Si](C)(C)SC#CC(=O)Nc1ccc(F)cc1. The maximum Gasteiger partial charge on any atom is 0.301 e. The summed E-state index contributed by atoms with van der Waals surface area (Å²) in [5, 5.41) is 5.38. The van der Waals surface area contributed by atoms with Gasteiger partial charge >= 0.3 is 5.91 Å². The lowest BCUT2D eigenvalue weighted by molar-refractivity contribution is -0.111. The monoisotopic (exact) mass is 267 g/mol. The van der Waals surface area contributed by atoms with Crippen molar-refractivity contribution in [3.05, 3.63) is 30.1 Å². The van der Waals surface area contributed by atoms with Gasteiger partial charge in [-0.1, -0.05) is 19.6 Å². The second-order valence-corrected chi connectivity index (χ2v) is 13.3. The zero-order chi connectivity index (χ0) is 12.9. The Balaban J connectivity index is 2.53. The van der Waals surface area contributed by atoms with E-state index < -0.39 is 7.22 Å². The van der Waals surface area contributed by atoms with Gasteiger partial charge in [0.15, 0.2) is 0 Å². The van der Waals surface area contributed by atoms with Crippen LogP contribution >= 0.6 is 11.2 Å². The Hall–Kier alpha value is -1.25. The molecule has 0 heterocycles. The van der Waals surface area contributed by atoms with Crippen LogP contribution in [0.4, 0.5) is 10.1 Å². The predicted molar refractivity (Wildman–Crippen MR) is 73.7 cm³/mol. The summed E-state index contributed by atoms with van der Waals surface area (Å²) in [5.41, 5.74) is 0.545. The molecular formula is C12H14FNOSSi. The molecule has 0 bridgehead atoms. The van der Waals surface area contributed by atoms with E-state index in [1.54, 1.807) is 0 Å². The van der Waals surface area contributed by atoms with E-state index in [0.29, 0.717) is 5.69 Å².